The third-order valence-corrected chi connectivity index (χ3v) is 3.93. The fraction of sp³-hybridized carbons (Fsp3) is 0.267. The van der Waals surface area contributed by atoms with Crippen LogP contribution in [0.5, 0.6) is 0 Å². The van der Waals surface area contributed by atoms with Gasteiger partial charge in [-0.1, -0.05) is 0 Å². The van der Waals surface area contributed by atoms with Gasteiger partial charge < -0.3 is 9.64 Å². The third-order valence-electron chi connectivity index (χ3n) is 3.93. The van der Waals surface area contributed by atoms with Crippen molar-refractivity contribution < 1.29 is 19.4 Å². The zero-order valence-electron chi connectivity index (χ0n) is 14.4. The van der Waals surface area contributed by atoms with E-state index in [2.05, 4.69) is 20.8 Å². The second-order valence-electron chi connectivity index (χ2n) is 5.63. The van der Waals surface area contributed by atoms with E-state index in [1.165, 1.54) is 24.3 Å². The molecular weight excluding hydrogens is 374 g/mol. The average Bonchev–Trinajstić information content (AvgIpc) is 2.72. The Hall–Kier alpha value is -3.87. The summed E-state index contributed by atoms with van der Waals surface area (Å²) in [6.07, 6.45) is 1.15. The Bertz CT molecular complexity index is 898. The number of benzene rings is 1. The number of amides is 1. The van der Waals surface area contributed by atoms with Crippen LogP contribution in [0.2, 0.25) is 0 Å². The molecule has 2 N–H and O–H groups in total. The van der Waals surface area contributed by atoms with Crippen molar-refractivity contribution in [2.24, 2.45) is 0 Å². The highest BCUT2D eigenvalue weighted by atomic mass is 16.6. The number of nitrogens with zero attached hydrogens (tertiary/aromatic N) is 5. The molecule has 1 saturated heterocycles. The lowest BCUT2D eigenvalue weighted by molar-refractivity contribution is -0.384. The predicted molar refractivity (Wildman–Crippen MR) is 95.9 cm³/mol. The molecule has 0 spiro atoms. The molecule has 2 aromatic rings. The van der Waals surface area contributed by atoms with Gasteiger partial charge in [0.1, 0.15) is 6.33 Å². The van der Waals surface area contributed by atoms with Gasteiger partial charge in [0.05, 0.1) is 23.1 Å². The van der Waals surface area contributed by atoms with E-state index in [-0.39, 0.29) is 28.6 Å². The minimum Gasteiger partial charge on any atom is -0.378 e. The normalized spacial score (nSPS) is 13.6. The molecule has 3 rings (SSSR count). The fourth-order valence-electron chi connectivity index (χ4n) is 2.56. The number of hydrazine groups is 1. The van der Waals surface area contributed by atoms with Crippen LogP contribution in [-0.4, -0.2) is 52.0 Å². The lowest BCUT2D eigenvalue weighted by Gasteiger charge is -2.27. The molecule has 0 saturated carbocycles. The Morgan fingerprint density at radius 2 is 1.75 bits per heavy atom. The summed E-state index contributed by atoms with van der Waals surface area (Å²) in [4.78, 5) is 42.7. The summed E-state index contributed by atoms with van der Waals surface area (Å²) in [5.74, 6) is -0.706. The molecule has 1 amide bonds. The van der Waals surface area contributed by atoms with Gasteiger partial charge in [-0.15, -0.1) is 0 Å². The van der Waals surface area contributed by atoms with Gasteiger partial charge in [-0.05, 0) is 12.1 Å². The summed E-state index contributed by atoms with van der Waals surface area (Å²) < 4.78 is 5.23. The monoisotopic (exact) mass is 389 g/mol. The van der Waals surface area contributed by atoms with E-state index < -0.39 is 15.8 Å². The Morgan fingerprint density at radius 3 is 2.36 bits per heavy atom. The number of morpholine rings is 1. The summed E-state index contributed by atoms with van der Waals surface area (Å²) in [6, 6.07) is 4.89. The van der Waals surface area contributed by atoms with E-state index in [1.807, 2.05) is 0 Å². The van der Waals surface area contributed by atoms with Crippen LogP contribution >= 0.6 is 0 Å². The zero-order chi connectivity index (χ0) is 20.1. The van der Waals surface area contributed by atoms with Crippen LogP contribution in [0.4, 0.5) is 23.0 Å². The van der Waals surface area contributed by atoms with Gasteiger partial charge >= 0.3 is 5.69 Å². The SMILES string of the molecule is O=C(NNc1ncnc(N2CCOCC2)c1[N+](=O)[O-])c1ccc([N+](=O)[O-])cc1. The number of aromatic nitrogens is 2. The Kier molecular flexibility index (Phi) is 5.55. The van der Waals surface area contributed by atoms with Crippen molar-refractivity contribution >= 4 is 28.9 Å². The maximum absolute atomic E-state index is 12.2. The largest absolute Gasteiger partial charge is 0.378 e. The molecule has 13 heteroatoms. The van der Waals surface area contributed by atoms with Crippen LogP contribution in [0, 0.1) is 20.2 Å². The first-order valence-electron chi connectivity index (χ1n) is 8.10. The number of hydrogen-bond acceptors (Lipinski definition) is 10. The number of carbonyl (C=O) groups is 1. The number of nitro groups is 2. The van der Waals surface area contributed by atoms with Crippen molar-refractivity contribution in [1.82, 2.24) is 15.4 Å². The molecular formula is C15H15N7O6. The second-order valence-corrected chi connectivity index (χ2v) is 5.63. The molecule has 0 radical (unpaired) electrons. The van der Waals surface area contributed by atoms with Gasteiger partial charge in [-0.3, -0.25) is 35.9 Å². The predicted octanol–water partition coefficient (Wildman–Crippen LogP) is 0.886. The standard InChI is InChI=1S/C15H15N7O6/c23-15(10-1-3-11(4-2-10)21(24)25)19-18-13-12(22(26)27)14(17-9-16-13)20-5-7-28-8-6-20/h1-4,9H,5-8H2,(H,19,23)(H,16,17,18). The van der Waals surface area contributed by atoms with Crippen molar-refractivity contribution in [2.75, 3.05) is 36.6 Å². The molecule has 0 unspecified atom stereocenters. The van der Waals surface area contributed by atoms with E-state index in [1.54, 1.807) is 4.90 Å². The van der Waals surface area contributed by atoms with E-state index in [4.69, 9.17) is 4.74 Å². The van der Waals surface area contributed by atoms with Crippen LogP contribution in [0.1, 0.15) is 10.4 Å². The molecule has 1 fully saturated rings. The molecule has 1 aromatic heterocycles. The minimum absolute atomic E-state index is 0.121. The van der Waals surface area contributed by atoms with Gasteiger partial charge in [-0.2, -0.15) is 0 Å². The highest BCUT2D eigenvalue weighted by Gasteiger charge is 2.28. The summed E-state index contributed by atoms with van der Waals surface area (Å²) >= 11 is 0. The Balaban J connectivity index is 1.77. The number of anilines is 2. The smallest absolute Gasteiger partial charge is 0.355 e. The Labute approximate surface area is 157 Å². The zero-order valence-corrected chi connectivity index (χ0v) is 14.4. The van der Waals surface area contributed by atoms with Crippen molar-refractivity contribution in [3.63, 3.8) is 0 Å². The second kappa shape index (κ2) is 8.22. The summed E-state index contributed by atoms with van der Waals surface area (Å²) in [5, 5.41) is 22.2. The number of carbonyl (C=O) groups excluding carboxylic acids is 1. The van der Waals surface area contributed by atoms with Crippen molar-refractivity contribution in [3.8, 4) is 0 Å². The maximum Gasteiger partial charge on any atom is 0.355 e. The van der Waals surface area contributed by atoms with Gasteiger partial charge in [0, 0.05) is 30.8 Å². The summed E-state index contributed by atoms with van der Waals surface area (Å²) in [7, 11) is 0. The van der Waals surface area contributed by atoms with Crippen molar-refractivity contribution in [1.29, 1.82) is 0 Å². The van der Waals surface area contributed by atoms with Crippen molar-refractivity contribution in [2.45, 2.75) is 0 Å². The molecule has 2 heterocycles. The first kappa shape index (κ1) is 18.9. The summed E-state index contributed by atoms with van der Waals surface area (Å²) in [6.45, 7) is 1.71. The molecule has 1 aliphatic heterocycles. The molecule has 28 heavy (non-hydrogen) atoms. The van der Waals surface area contributed by atoms with Crippen LogP contribution in [0.25, 0.3) is 0 Å². The molecule has 0 aliphatic carbocycles. The third kappa shape index (κ3) is 4.09. The minimum atomic E-state index is -0.643. The lowest BCUT2D eigenvalue weighted by Crippen LogP contribution is -2.37. The van der Waals surface area contributed by atoms with E-state index in [0.717, 1.165) is 6.33 Å². The molecule has 0 bridgehead atoms. The van der Waals surface area contributed by atoms with E-state index in [9.17, 15) is 25.0 Å². The van der Waals surface area contributed by atoms with Gasteiger partial charge in [0.15, 0.2) is 0 Å². The summed E-state index contributed by atoms with van der Waals surface area (Å²) in [5.41, 5.74) is 4.30. The van der Waals surface area contributed by atoms with Crippen LogP contribution in [-0.2, 0) is 4.74 Å². The number of hydrogen-bond donors (Lipinski definition) is 2. The number of rotatable bonds is 6. The average molecular weight is 389 g/mol. The molecule has 13 nitrogen and oxygen atoms in total. The Morgan fingerprint density at radius 1 is 1.07 bits per heavy atom. The number of ether oxygens (including phenoxy) is 1. The molecule has 1 aromatic carbocycles. The van der Waals surface area contributed by atoms with Crippen LogP contribution in [0.3, 0.4) is 0 Å². The van der Waals surface area contributed by atoms with Gasteiger partial charge in [-0.25, -0.2) is 9.97 Å². The first-order chi connectivity index (χ1) is 13.5. The quantitative estimate of drug-likeness (QED) is 0.535. The lowest BCUT2D eigenvalue weighted by atomic mass is 10.2. The van der Waals surface area contributed by atoms with E-state index >= 15 is 0 Å². The van der Waals surface area contributed by atoms with Gasteiger partial charge in [0.2, 0.25) is 11.6 Å². The molecule has 0 atom stereocenters. The van der Waals surface area contributed by atoms with Gasteiger partial charge in [0.25, 0.3) is 11.6 Å². The highest BCUT2D eigenvalue weighted by Crippen LogP contribution is 2.31. The maximum atomic E-state index is 12.2. The molecule has 146 valence electrons. The number of non-ortho nitro benzene ring substituents is 1. The first-order valence-corrected chi connectivity index (χ1v) is 8.10. The van der Waals surface area contributed by atoms with Crippen LogP contribution in [0.15, 0.2) is 30.6 Å². The fourth-order valence-corrected chi connectivity index (χ4v) is 2.56. The number of nitrogens with one attached hydrogen (secondary N) is 2. The molecule has 1 aliphatic rings. The topological polar surface area (TPSA) is 166 Å². The van der Waals surface area contributed by atoms with E-state index in [0.29, 0.717) is 26.3 Å². The van der Waals surface area contributed by atoms with Crippen molar-refractivity contribution in [3.05, 3.63) is 56.4 Å². The van der Waals surface area contributed by atoms with Crippen LogP contribution < -0.4 is 15.8 Å². The highest BCUT2D eigenvalue weighted by molar-refractivity contribution is 5.95. The number of nitro benzene ring substituents is 1.